The minimum Gasteiger partial charge on any atom is -0.390 e. The first-order valence-corrected chi connectivity index (χ1v) is 12.1. The third-order valence-corrected chi connectivity index (χ3v) is 7.57. The van der Waals surface area contributed by atoms with Gasteiger partial charge in [0.15, 0.2) is 0 Å². The standard InChI is InChI=1S/C25H23BN6O5/c26-25(37,14-10-28-31(12-14)15-6-8-30(13-33)9-7-15)18-11-27-22-21-16(18)2-1-3-17(21)24(36)32(22)19-4-5-20(34)29-23(19)35/h1-3,10-13,15,19,37H,4-9H2,(H,29,34,35). The Hall–Kier alpha value is -4.06. The van der Waals surface area contributed by atoms with Gasteiger partial charge in [-0.15, -0.1) is 0 Å². The Morgan fingerprint density at radius 3 is 2.65 bits per heavy atom. The number of likely N-dealkylation sites (tertiary alicyclic amines) is 1. The summed E-state index contributed by atoms with van der Waals surface area (Å²) in [5, 5.41) is 19.3. The van der Waals surface area contributed by atoms with Crippen molar-refractivity contribution in [3.05, 3.63) is 53.5 Å². The third-order valence-electron chi connectivity index (χ3n) is 7.57. The molecule has 0 saturated carbocycles. The quantitative estimate of drug-likeness (QED) is 0.294. The Morgan fingerprint density at radius 2 is 1.92 bits per heavy atom. The number of aliphatic hydroxyl groups is 1. The van der Waals surface area contributed by atoms with Gasteiger partial charge in [0.1, 0.15) is 19.7 Å². The topological polar surface area (TPSA) is 138 Å². The lowest BCUT2D eigenvalue weighted by Gasteiger charge is -2.30. The van der Waals surface area contributed by atoms with Gasteiger partial charge in [-0.2, -0.15) is 5.10 Å². The molecule has 2 unspecified atom stereocenters. The molecule has 0 aliphatic carbocycles. The first kappa shape index (κ1) is 23.3. The van der Waals surface area contributed by atoms with Crippen LogP contribution in [0, 0.1) is 0 Å². The third kappa shape index (κ3) is 3.62. The molecule has 3 aliphatic rings. The lowest BCUT2D eigenvalue weighted by atomic mass is 9.71. The second-order valence-electron chi connectivity index (χ2n) is 9.71. The van der Waals surface area contributed by atoms with Crippen LogP contribution in [-0.2, 0) is 19.9 Å². The van der Waals surface area contributed by atoms with Gasteiger partial charge in [-0.3, -0.25) is 34.1 Å². The lowest BCUT2D eigenvalue weighted by molar-refractivity contribution is -0.134. The molecule has 5 heterocycles. The number of benzene rings is 1. The molecule has 6 rings (SSSR count). The molecular weight excluding hydrogens is 475 g/mol. The average Bonchev–Trinajstić information content (AvgIpc) is 3.50. The summed E-state index contributed by atoms with van der Waals surface area (Å²) in [6.07, 6.45) is 7.27. The number of nitrogens with one attached hydrogen (secondary N) is 1. The number of hydrogen-bond acceptors (Lipinski definition) is 7. The maximum absolute atomic E-state index is 13.3. The van der Waals surface area contributed by atoms with Crippen molar-refractivity contribution >= 4 is 48.6 Å². The van der Waals surface area contributed by atoms with Gasteiger partial charge in [-0.05, 0) is 30.7 Å². The highest BCUT2D eigenvalue weighted by molar-refractivity contribution is 6.27. The van der Waals surface area contributed by atoms with Crippen molar-refractivity contribution in [3.63, 3.8) is 0 Å². The Kier molecular flexibility index (Phi) is 5.37. The zero-order valence-corrected chi connectivity index (χ0v) is 19.8. The average molecular weight is 498 g/mol. The first-order valence-electron chi connectivity index (χ1n) is 12.1. The van der Waals surface area contributed by atoms with Crippen molar-refractivity contribution in [3.8, 4) is 0 Å². The highest BCUT2D eigenvalue weighted by atomic mass is 16.3. The summed E-state index contributed by atoms with van der Waals surface area (Å²) in [6, 6.07) is 4.30. The normalized spacial score (nSPS) is 21.9. The highest BCUT2D eigenvalue weighted by Crippen LogP contribution is 2.42. The van der Waals surface area contributed by atoms with Crippen molar-refractivity contribution in [1.82, 2.24) is 25.0 Å². The monoisotopic (exact) mass is 498 g/mol. The summed E-state index contributed by atoms with van der Waals surface area (Å²) in [7, 11) is 6.49. The summed E-state index contributed by atoms with van der Waals surface area (Å²) in [5.41, 5.74) is -0.961. The molecule has 11 nitrogen and oxygen atoms in total. The molecule has 3 aliphatic heterocycles. The van der Waals surface area contributed by atoms with Crippen molar-refractivity contribution in [2.45, 2.75) is 43.3 Å². The fourth-order valence-electron chi connectivity index (χ4n) is 5.53. The number of carbonyl (C=O) groups excluding carboxylic acids is 4. The number of hydrogen-bond donors (Lipinski definition) is 2. The van der Waals surface area contributed by atoms with Crippen LogP contribution < -0.4 is 10.2 Å². The summed E-state index contributed by atoms with van der Waals surface area (Å²) in [5.74, 6) is -1.02. The molecule has 2 fully saturated rings. The number of amides is 4. The van der Waals surface area contributed by atoms with Gasteiger partial charge in [0.2, 0.25) is 18.2 Å². The van der Waals surface area contributed by atoms with Crippen LogP contribution >= 0.6 is 0 Å². The Bertz CT molecular complexity index is 1460. The molecule has 186 valence electrons. The number of aromatic nitrogens is 3. The van der Waals surface area contributed by atoms with Crippen molar-refractivity contribution < 1.29 is 24.3 Å². The molecule has 0 spiro atoms. The predicted octanol–water partition coefficient (Wildman–Crippen LogP) is 0.352. The van der Waals surface area contributed by atoms with E-state index in [0.717, 1.165) is 19.3 Å². The van der Waals surface area contributed by atoms with Gasteiger partial charge in [0.25, 0.3) is 5.91 Å². The SMILES string of the molecule is [B]C(O)(c1cnn(C2CCN(C=O)CC2)c1)c1cnc2c3c(cccc13)C(=O)N2C1CCC(=O)NC1=O. The molecule has 2 N–H and O–H groups in total. The zero-order valence-electron chi connectivity index (χ0n) is 19.8. The Morgan fingerprint density at radius 1 is 1.14 bits per heavy atom. The van der Waals surface area contributed by atoms with E-state index in [1.54, 1.807) is 34.0 Å². The van der Waals surface area contributed by atoms with Gasteiger partial charge in [-0.1, -0.05) is 12.1 Å². The van der Waals surface area contributed by atoms with Gasteiger partial charge in [-0.25, -0.2) is 4.98 Å². The first-order chi connectivity index (χ1) is 17.8. The van der Waals surface area contributed by atoms with E-state index in [-0.39, 0.29) is 24.8 Å². The van der Waals surface area contributed by atoms with Crippen molar-refractivity contribution in [2.24, 2.45) is 0 Å². The summed E-state index contributed by atoms with van der Waals surface area (Å²) < 4.78 is 1.76. The minimum atomic E-state index is -1.96. The zero-order chi connectivity index (χ0) is 25.9. The number of pyridine rings is 1. The van der Waals surface area contributed by atoms with E-state index in [4.69, 9.17) is 7.85 Å². The summed E-state index contributed by atoms with van der Waals surface area (Å²) in [4.78, 5) is 56.0. The molecular formula is C25H23BN6O5. The van der Waals surface area contributed by atoms with Gasteiger partial charge >= 0.3 is 0 Å². The minimum absolute atomic E-state index is 0.0754. The number of anilines is 1. The molecule has 2 saturated heterocycles. The molecule has 2 atom stereocenters. The second-order valence-corrected chi connectivity index (χ2v) is 9.71. The van der Waals surface area contributed by atoms with Crippen LogP contribution in [-0.4, -0.2) is 75.9 Å². The molecule has 2 radical (unpaired) electrons. The number of rotatable bonds is 5. The molecule has 37 heavy (non-hydrogen) atoms. The molecule has 1 aromatic carbocycles. The smallest absolute Gasteiger partial charge is 0.260 e. The van der Waals surface area contributed by atoms with Crippen LogP contribution in [0.15, 0.2) is 36.8 Å². The van der Waals surface area contributed by atoms with E-state index in [0.29, 0.717) is 46.4 Å². The maximum Gasteiger partial charge on any atom is 0.260 e. The van der Waals surface area contributed by atoms with Crippen LogP contribution in [0.3, 0.4) is 0 Å². The van der Waals surface area contributed by atoms with Crippen LogP contribution in [0.4, 0.5) is 5.82 Å². The lowest BCUT2D eigenvalue weighted by Crippen LogP contribution is -2.53. The van der Waals surface area contributed by atoms with E-state index in [1.807, 2.05) is 0 Å². The molecule has 0 bridgehead atoms. The van der Waals surface area contributed by atoms with Crippen LogP contribution in [0.2, 0.25) is 0 Å². The Balaban J connectivity index is 1.37. The predicted molar refractivity (Wildman–Crippen MR) is 132 cm³/mol. The fraction of sp³-hybridized carbons (Fsp3) is 0.360. The number of piperidine rings is 2. The summed E-state index contributed by atoms with van der Waals surface area (Å²) in [6.45, 7) is 1.26. The van der Waals surface area contributed by atoms with E-state index in [9.17, 15) is 24.3 Å². The second kappa shape index (κ2) is 8.51. The summed E-state index contributed by atoms with van der Waals surface area (Å²) >= 11 is 0. The van der Waals surface area contributed by atoms with Crippen LogP contribution in [0.5, 0.6) is 0 Å². The molecule has 4 amide bonds. The Labute approximate surface area is 212 Å². The highest BCUT2D eigenvalue weighted by Gasteiger charge is 2.43. The number of nitrogens with zero attached hydrogens (tertiary/aromatic N) is 5. The van der Waals surface area contributed by atoms with Crippen molar-refractivity contribution in [1.29, 1.82) is 0 Å². The largest absolute Gasteiger partial charge is 0.390 e. The van der Waals surface area contributed by atoms with E-state index < -0.39 is 23.4 Å². The number of imide groups is 1. The molecule has 2 aromatic heterocycles. The van der Waals surface area contributed by atoms with Crippen molar-refractivity contribution in [2.75, 3.05) is 18.0 Å². The van der Waals surface area contributed by atoms with E-state index >= 15 is 0 Å². The van der Waals surface area contributed by atoms with Gasteiger partial charge in [0.05, 0.1) is 23.3 Å². The fourth-order valence-corrected chi connectivity index (χ4v) is 5.53. The molecule has 3 aromatic rings. The number of carbonyl (C=O) groups is 4. The van der Waals surface area contributed by atoms with Crippen LogP contribution in [0.1, 0.15) is 53.2 Å². The van der Waals surface area contributed by atoms with Gasteiger partial charge < -0.3 is 10.0 Å². The van der Waals surface area contributed by atoms with E-state index in [1.165, 1.54) is 17.3 Å². The maximum atomic E-state index is 13.3. The van der Waals surface area contributed by atoms with Crippen LogP contribution in [0.25, 0.3) is 10.8 Å². The van der Waals surface area contributed by atoms with Gasteiger partial charge in [0, 0.05) is 48.4 Å². The van der Waals surface area contributed by atoms with E-state index in [2.05, 4.69) is 15.4 Å². The molecule has 12 heteroatoms.